The Morgan fingerprint density at radius 3 is 2.71 bits per heavy atom. The van der Waals surface area contributed by atoms with Gasteiger partial charge in [-0.2, -0.15) is 0 Å². The van der Waals surface area contributed by atoms with Crippen LogP contribution in [-0.4, -0.2) is 45.7 Å². The van der Waals surface area contributed by atoms with E-state index < -0.39 is 9.84 Å². The molecule has 0 aliphatic carbocycles. The van der Waals surface area contributed by atoms with Crippen LogP contribution in [0, 0.1) is 11.8 Å². The fraction of sp³-hybridized carbons (Fsp3) is 1.00. The molecule has 0 saturated carbocycles. The Labute approximate surface area is 104 Å². The van der Waals surface area contributed by atoms with Crippen LogP contribution in [-0.2, 0) is 14.6 Å². The van der Waals surface area contributed by atoms with Crippen molar-refractivity contribution in [2.45, 2.75) is 32.2 Å². The molecule has 0 aromatic rings. The first-order chi connectivity index (χ1) is 8.12. The highest BCUT2D eigenvalue weighted by molar-refractivity contribution is 7.91. The van der Waals surface area contributed by atoms with E-state index in [9.17, 15) is 8.42 Å². The fourth-order valence-corrected chi connectivity index (χ4v) is 4.83. The number of ether oxygens (including phenoxy) is 1. The van der Waals surface area contributed by atoms with E-state index in [2.05, 4.69) is 12.2 Å². The molecule has 0 radical (unpaired) electrons. The minimum Gasteiger partial charge on any atom is -0.381 e. The molecule has 4 nitrogen and oxygen atoms in total. The number of sulfone groups is 1. The van der Waals surface area contributed by atoms with E-state index in [4.69, 9.17) is 4.74 Å². The van der Waals surface area contributed by atoms with Gasteiger partial charge in [-0.3, -0.25) is 0 Å². The van der Waals surface area contributed by atoms with Crippen molar-refractivity contribution in [2.24, 2.45) is 11.8 Å². The lowest BCUT2D eigenvalue weighted by Gasteiger charge is -2.28. The predicted molar refractivity (Wildman–Crippen MR) is 67.8 cm³/mol. The van der Waals surface area contributed by atoms with E-state index in [-0.39, 0.29) is 0 Å². The van der Waals surface area contributed by atoms with Gasteiger partial charge in [0.15, 0.2) is 9.84 Å². The minimum absolute atomic E-state index is 0.290. The van der Waals surface area contributed by atoms with Gasteiger partial charge in [0.1, 0.15) is 0 Å². The molecular weight excluding hydrogens is 238 g/mol. The summed E-state index contributed by atoms with van der Waals surface area (Å²) in [6, 6.07) is 0.328. The van der Waals surface area contributed by atoms with Crippen LogP contribution >= 0.6 is 0 Å². The van der Waals surface area contributed by atoms with Gasteiger partial charge in [0, 0.05) is 18.6 Å². The summed E-state index contributed by atoms with van der Waals surface area (Å²) >= 11 is 0. The van der Waals surface area contributed by atoms with Crippen molar-refractivity contribution in [1.29, 1.82) is 0 Å². The van der Waals surface area contributed by atoms with Gasteiger partial charge in [0.2, 0.25) is 0 Å². The van der Waals surface area contributed by atoms with Crippen LogP contribution in [0.25, 0.3) is 0 Å². The molecule has 0 amide bonds. The van der Waals surface area contributed by atoms with Gasteiger partial charge in [-0.15, -0.1) is 0 Å². The summed E-state index contributed by atoms with van der Waals surface area (Å²) in [5.74, 6) is 1.53. The molecule has 0 spiro atoms. The first-order valence-electron chi connectivity index (χ1n) is 6.64. The monoisotopic (exact) mass is 261 g/mol. The number of rotatable bonds is 5. The Morgan fingerprint density at radius 2 is 2.18 bits per heavy atom. The van der Waals surface area contributed by atoms with E-state index in [0.29, 0.717) is 29.4 Å². The highest BCUT2D eigenvalue weighted by atomic mass is 32.2. The first-order valence-corrected chi connectivity index (χ1v) is 8.46. The lowest BCUT2D eigenvalue weighted by Crippen LogP contribution is -2.43. The molecule has 0 aromatic heterocycles. The second-order valence-corrected chi connectivity index (χ2v) is 7.50. The van der Waals surface area contributed by atoms with Crippen molar-refractivity contribution in [1.82, 2.24) is 5.32 Å². The Kier molecular flexibility index (Phi) is 4.44. The van der Waals surface area contributed by atoms with Crippen molar-refractivity contribution in [3.8, 4) is 0 Å². The summed E-state index contributed by atoms with van der Waals surface area (Å²) in [5.41, 5.74) is 0. The molecule has 3 atom stereocenters. The molecule has 2 aliphatic heterocycles. The molecule has 2 rings (SSSR count). The Balaban J connectivity index is 1.99. The van der Waals surface area contributed by atoms with Crippen LogP contribution in [0.3, 0.4) is 0 Å². The number of nitrogens with one attached hydrogen (secondary N) is 1. The maximum absolute atomic E-state index is 11.6. The average molecular weight is 261 g/mol. The van der Waals surface area contributed by atoms with Gasteiger partial charge >= 0.3 is 0 Å². The molecule has 2 heterocycles. The standard InChI is InChI=1S/C12H23NO3S/c1-2-5-13-12(10-3-6-16-8-10)11-4-7-17(14,15)9-11/h10-13H,2-9H2,1H3. The largest absolute Gasteiger partial charge is 0.381 e. The zero-order valence-corrected chi connectivity index (χ0v) is 11.3. The molecule has 100 valence electrons. The SMILES string of the molecule is CCCNC(C1CCOC1)C1CCS(=O)(=O)C1. The number of hydrogen-bond donors (Lipinski definition) is 1. The highest BCUT2D eigenvalue weighted by Gasteiger charge is 2.38. The molecule has 3 unspecified atom stereocenters. The van der Waals surface area contributed by atoms with Gasteiger partial charge in [0.05, 0.1) is 18.1 Å². The number of hydrogen-bond acceptors (Lipinski definition) is 4. The maximum atomic E-state index is 11.6. The maximum Gasteiger partial charge on any atom is 0.150 e. The normalized spacial score (nSPS) is 33.9. The van der Waals surface area contributed by atoms with Crippen LogP contribution < -0.4 is 5.32 Å². The zero-order chi connectivity index (χ0) is 12.3. The minimum atomic E-state index is -2.78. The third-order valence-corrected chi connectivity index (χ3v) is 5.67. The summed E-state index contributed by atoms with van der Waals surface area (Å²) in [6.45, 7) is 4.73. The van der Waals surface area contributed by atoms with Crippen molar-refractivity contribution in [2.75, 3.05) is 31.3 Å². The molecule has 0 aromatic carbocycles. The van der Waals surface area contributed by atoms with E-state index in [0.717, 1.165) is 39.0 Å². The van der Waals surface area contributed by atoms with Gasteiger partial charge in [-0.1, -0.05) is 6.92 Å². The lowest BCUT2D eigenvalue weighted by molar-refractivity contribution is 0.167. The van der Waals surface area contributed by atoms with Gasteiger partial charge in [0.25, 0.3) is 0 Å². The molecule has 17 heavy (non-hydrogen) atoms. The van der Waals surface area contributed by atoms with Crippen LogP contribution in [0.1, 0.15) is 26.2 Å². The smallest absolute Gasteiger partial charge is 0.150 e. The summed E-state index contributed by atoms with van der Waals surface area (Å²) in [4.78, 5) is 0. The van der Waals surface area contributed by atoms with Gasteiger partial charge < -0.3 is 10.1 Å². The highest BCUT2D eigenvalue weighted by Crippen LogP contribution is 2.29. The summed E-state index contributed by atoms with van der Waals surface area (Å²) < 4.78 is 28.6. The van der Waals surface area contributed by atoms with Crippen LogP contribution in [0.5, 0.6) is 0 Å². The zero-order valence-electron chi connectivity index (χ0n) is 10.5. The third-order valence-electron chi connectivity index (χ3n) is 3.88. The second kappa shape index (κ2) is 5.67. The van der Waals surface area contributed by atoms with Crippen molar-refractivity contribution < 1.29 is 13.2 Å². The van der Waals surface area contributed by atoms with Crippen molar-refractivity contribution in [3.63, 3.8) is 0 Å². The van der Waals surface area contributed by atoms with E-state index in [1.54, 1.807) is 0 Å². The molecule has 0 bridgehead atoms. The molecule has 2 aliphatic rings. The molecule has 2 fully saturated rings. The molecule has 5 heteroatoms. The summed E-state index contributed by atoms with van der Waals surface area (Å²) in [6.07, 6.45) is 2.97. The third kappa shape index (κ3) is 3.42. The van der Waals surface area contributed by atoms with Crippen LogP contribution in [0.15, 0.2) is 0 Å². The van der Waals surface area contributed by atoms with E-state index in [1.807, 2.05) is 0 Å². The lowest BCUT2D eigenvalue weighted by atomic mass is 9.87. The fourth-order valence-electron chi connectivity index (χ4n) is 2.97. The molecule has 1 N–H and O–H groups in total. The first kappa shape index (κ1) is 13.3. The molecular formula is C12H23NO3S. The Morgan fingerprint density at radius 1 is 1.35 bits per heavy atom. The summed E-state index contributed by atoms with van der Waals surface area (Å²) in [5, 5.41) is 3.55. The summed E-state index contributed by atoms with van der Waals surface area (Å²) in [7, 11) is -2.78. The Hall–Kier alpha value is -0.130. The predicted octanol–water partition coefficient (Wildman–Crippen LogP) is 0.826. The Bertz CT molecular complexity index is 336. The quantitative estimate of drug-likeness (QED) is 0.796. The topological polar surface area (TPSA) is 55.4 Å². The molecule has 2 saturated heterocycles. The van der Waals surface area contributed by atoms with E-state index >= 15 is 0 Å². The van der Waals surface area contributed by atoms with Crippen LogP contribution in [0.2, 0.25) is 0 Å². The van der Waals surface area contributed by atoms with Gasteiger partial charge in [-0.05, 0) is 31.7 Å². The van der Waals surface area contributed by atoms with Crippen molar-refractivity contribution >= 4 is 9.84 Å². The second-order valence-electron chi connectivity index (χ2n) is 5.27. The average Bonchev–Trinajstić information content (AvgIpc) is 2.89. The van der Waals surface area contributed by atoms with Crippen LogP contribution in [0.4, 0.5) is 0 Å². The van der Waals surface area contributed by atoms with Gasteiger partial charge in [-0.25, -0.2) is 8.42 Å². The van der Waals surface area contributed by atoms with Crippen molar-refractivity contribution in [3.05, 3.63) is 0 Å². The van der Waals surface area contributed by atoms with E-state index in [1.165, 1.54) is 0 Å².